The van der Waals surface area contributed by atoms with Crippen LogP contribution in [0.3, 0.4) is 0 Å². The molecule has 0 amide bonds. The number of rotatable bonds is 4. The molecule has 1 aliphatic heterocycles. The second-order valence-electron chi connectivity index (χ2n) is 5.43. The number of hydrogen-bond acceptors (Lipinski definition) is 2. The summed E-state index contributed by atoms with van der Waals surface area (Å²) in [5, 5.41) is 10.6. The Balaban J connectivity index is 2.43. The molecule has 1 aromatic rings. The first kappa shape index (κ1) is 15.3. The molecule has 0 bridgehead atoms. The van der Waals surface area contributed by atoms with E-state index in [4.69, 9.17) is 11.6 Å². The van der Waals surface area contributed by atoms with Gasteiger partial charge in [0.1, 0.15) is 5.54 Å². The number of carbonyl (C=O) groups is 1. The summed E-state index contributed by atoms with van der Waals surface area (Å²) in [6, 6.07) is 7.26. The first-order valence-electron chi connectivity index (χ1n) is 7.35. The van der Waals surface area contributed by atoms with Gasteiger partial charge in [-0.2, -0.15) is 0 Å². The van der Waals surface area contributed by atoms with Gasteiger partial charge in [-0.25, -0.2) is 4.79 Å². The second-order valence-corrected chi connectivity index (χ2v) is 5.86. The van der Waals surface area contributed by atoms with Crippen LogP contribution in [0.2, 0.25) is 5.02 Å². The molecule has 2 rings (SSSR count). The predicted molar refractivity (Wildman–Crippen MR) is 81.1 cm³/mol. The lowest BCUT2D eigenvalue weighted by Gasteiger charge is -2.40. The zero-order valence-corrected chi connectivity index (χ0v) is 12.7. The van der Waals surface area contributed by atoms with Crippen molar-refractivity contribution in [1.82, 2.24) is 4.90 Å². The molecule has 1 aliphatic rings. The topological polar surface area (TPSA) is 40.5 Å². The van der Waals surface area contributed by atoms with Crippen molar-refractivity contribution in [2.45, 2.75) is 44.6 Å². The standard InChI is InChI=1S/C16H22ClNO2/c1-2-16(15(19)20,13-7-9-14(17)10-8-13)18-11-5-3-4-6-12-18/h7-10H,2-6,11-12H2,1H3,(H,19,20). The van der Waals surface area contributed by atoms with Gasteiger partial charge in [-0.05, 0) is 50.0 Å². The quantitative estimate of drug-likeness (QED) is 0.915. The predicted octanol–water partition coefficient (Wildman–Crippen LogP) is 3.91. The summed E-state index contributed by atoms with van der Waals surface area (Å²) in [5.41, 5.74) is -0.0895. The first-order chi connectivity index (χ1) is 9.61. The molecule has 110 valence electrons. The fraction of sp³-hybridized carbons (Fsp3) is 0.562. The third-order valence-electron chi connectivity index (χ3n) is 4.33. The number of benzene rings is 1. The van der Waals surface area contributed by atoms with Crippen LogP contribution in [-0.4, -0.2) is 29.1 Å². The molecule has 3 nitrogen and oxygen atoms in total. The smallest absolute Gasteiger partial charge is 0.328 e. The second kappa shape index (κ2) is 6.59. The van der Waals surface area contributed by atoms with Crippen LogP contribution in [0, 0.1) is 0 Å². The minimum atomic E-state index is -0.922. The van der Waals surface area contributed by atoms with Gasteiger partial charge in [-0.15, -0.1) is 0 Å². The number of aliphatic carboxylic acids is 1. The van der Waals surface area contributed by atoms with Crippen molar-refractivity contribution in [2.24, 2.45) is 0 Å². The Labute approximate surface area is 125 Å². The Morgan fingerprint density at radius 2 is 1.75 bits per heavy atom. The molecule has 0 radical (unpaired) electrons. The monoisotopic (exact) mass is 295 g/mol. The van der Waals surface area contributed by atoms with Crippen LogP contribution in [0.15, 0.2) is 24.3 Å². The molecule has 0 aliphatic carbocycles. The molecule has 0 spiro atoms. The average molecular weight is 296 g/mol. The van der Waals surface area contributed by atoms with Crippen LogP contribution in [-0.2, 0) is 10.3 Å². The van der Waals surface area contributed by atoms with Crippen LogP contribution < -0.4 is 0 Å². The van der Waals surface area contributed by atoms with E-state index in [0.29, 0.717) is 11.4 Å². The van der Waals surface area contributed by atoms with Gasteiger partial charge in [0.2, 0.25) is 0 Å². The maximum absolute atomic E-state index is 12.1. The van der Waals surface area contributed by atoms with Crippen LogP contribution in [0.5, 0.6) is 0 Å². The molecule has 1 saturated heterocycles. The largest absolute Gasteiger partial charge is 0.480 e. The molecule has 0 saturated carbocycles. The van der Waals surface area contributed by atoms with Gasteiger partial charge in [-0.1, -0.05) is 43.5 Å². The van der Waals surface area contributed by atoms with Crippen molar-refractivity contribution in [2.75, 3.05) is 13.1 Å². The normalized spacial score (nSPS) is 20.1. The summed E-state index contributed by atoms with van der Waals surface area (Å²) in [4.78, 5) is 14.2. The summed E-state index contributed by atoms with van der Waals surface area (Å²) < 4.78 is 0. The minimum Gasteiger partial charge on any atom is -0.480 e. The van der Waals surface area contributed by atoms with E-state index in [1.54, 1.807) is 12.1 Å². The molecule has 20 heavy (non-hydrogen) atoms. The van der Waals surface area contributed by atoms with Crippen LogP contribution >= 0.6 is 11.6 Å². The van der Waals surface area contributed by atoms with Crippen molar-refractivity contribution < 1.29 is 9.90 Å². The van der Waals surface area contributed by atoms with Gasteiger partial charge in [0.15, 0.2) is 0 Å². The van der Waals surface area contributed by atoms with Crippen LogP contribution in [0.1, 0.15) is 44.6 Å². The van der Waals surface area contributed by atoms with E-state index in [-0.39, 0.29) is 0 Å². The average Bonchev–Trinajstić information content (AvgIpc) is 2.71. The summed E-state index contributed by atoms with van der Waals surface area (Å²) in [5.74, 6) is -0.760. The Bertz CT molecular complexity index is 452. The number of carboxylic acids is 1. The number of nitrogens with zero attached hydrogens (tertiary/aromatic N) is 1. The van der Waals surface area contributed by atoms with Gasteiger partial charge < -0.3 is 5.11 Å². The molecule has 1 fully saturated rings. The highest BCUT2D eigenvalue weighted by Crippen LogP contribution is 2.35. The molecule has 4 heteroatoms. The number of likely N-dealkylation sites (tertiary alicyclic amines) is 1. The van der Waals surface area contributed by atoms with Crippen molar-refractivity contribution in [1.29, 1.82) is 0 Å². The van der Waals surface area contributed by atoms with E-state index in [9.17, 15) is 9.90 Å². The number of carboxylic acid groups (broad SMARTS) is 1. The van der Waals surface area contributed by atoms with E-state index in [1.165, 1.54) is 12.8 Å². The van der Waals surface area contributed by atoms with E-state index in [2.05, 4.69) is 4.90 Å². The Hall–Kier alpha value is -1.06. The SMILES string of the molecule is CCC(C(=O)O)(c1ccc(Cl)cc1)N1CCCCCC1. The Morgan fingerprint density at radius 1 is 1.20 bits per heavy atom. The lowest BCUT2D eigenvalue weighted by Crippen LogP contribution is -2.52. The molecular weight excluding hydrogens is 274 g/mol. The third kappa shape index (κ3) is 2.84. The third-order valence-corrected chi connectivity index (χ3v) is 4.59. The summed E-state index contributed by atoms with van der Waals surface area (Å²) in [6.45, 7) is 3.65. The fourth-order valence-electron chi connectivity index (χ4n) is 3.20. The number of halogens is 1. The maximum Gasteiger partial charge on any atom is 0.328 e. The first-order valence-corrected chi connectivity index (χ1v) is 7.73. The van der Waals surface area contributed by atoms with E-state index < -0.39 is 11.5 Å². The Kier molecular flexibility index (Phi) is 5.06. The molecule has 1 unspecified atom stereocenters. The van der Waals surface area contributed by atoms with Gasteiger partial charge in [0, 0.05) is 5.02 Å². The highest BCUT2D eigenvalue weighted by atomic mass is 35.5. The van der Waals surface area contributed by atoms with Gasteiger partial charge in [0.05, 0.1) is 0 Å². The maximum atomic E-state index is 12.1. The lowest BCUT2D eigenvalue weighted by molar-refractivity contribution is -0.153. The minimum absolute atomic E-state index is 0.559. The summed E-state index contributed by atoms with van der Waals surface area (Å²) in [7, 11) is 0. The van der Waals surface area contributed by atoms with Gasteiger partial charge in [-0.3, -0.25) is 4.90 Å². The molecular formula is C16H22ClNO2. The van der Waals surface area contributed by atoms with E-state index >= 15 is 0 Å². The number of hydrogen-bond donors (Lipinski definition) is 1. The molecule has 1 N–H and O–H groups in total. The summed E-state index contributed by atoms with van der Waals surface area (Å²) in [6.07, 6.45) is 5.09. The molecule has 1 aromatic carbocycles. The van der Waals surface area contributed by atoms with E-state index in [0.717, 1.165) is 31.5 Å². The lowest BCUT2D eigenvalue weighted by atomic mass is 9.85. The van der Waals surface area contributed by atoms with Crippen LogP contribution in [0.25, 0.3) is 0 Å². The zero-order valence-electron chi connectivity index (χ0n) is 11.9. The highest BCUT2D eigenvalue weighted by Gasteiger charge is 2.44. The van der Waals surface area contributed by atoms with Crippen molar-refractivity contribution in [3.8, 4) is 0 Å². The van der Waals surface area contributed by atoms with Crippen LogP contribution in [0.4, 0.5) is 0 Å². The van der Waals surface area contributed by atoms with Crippen molar-refractivity contribution >= 4 is 17.6 Å². The van der Waals surface area contributed by atoms with Gasteiger partial charge >= 0.3 is 5.97 Å². The van der Waals surface area contributed by atoms with Crippen molar-refractivity contribution in [3.05, 3.63) is 34.9 Å². The van der Waals surface area contributed by atoms with Crippen molar-refractivity contribution in [3.63, 3.8) is 0 Å². The van der Waals surface area contributed by atoms with E-state index in [1.807, 2.05) is 19.1 Å². The van der Waals surface area contributed by atoms with Gasteiger partial charge in [0.25, 0.3) is 0 Å². The zero-order chi connectivity index (χ0) is 14.6. The summed E-state index contributed by atoms with van der Waals surface area (Å²) >= 11 is 5.94. The highest BCUT2D eigenvalue weighted by molar-refractivity contribution is 6.30. The molecule has 1 heterocycles. The fourth-order valence-corrected chi connectivity index (χ4v) is 3.32. The molecule has 1 atom stereocenters. The Morgan fingerprint density at radius 3 is 2.20 bits per heavy atom. The molecule has 0 aromatic heterocycles.